The SMILES string of the molecule is CCOc1cc(C#N)ccc1O[C@H](C(=O)NC1CC1)c1ccccc1. The van der Waals surface area contributed by atoms with Crippen LogP contribution in [0.5, 0.6) is 11.5 Å². The summed E-state index contributed by atoms with van der Waals surface area (Å²) in [4.78, 5) is 12.7. The van der Waals surface area contributed by atoms with E-state index in [4.69, 9.17) is 14.7 Å². The Morgan fingerprint density at radius 3 is 2.64 bits per heavy atom. The third-order valence-corrected chi connectivity index (χ3v) is 3.88. The number of amides is 1. The Morgan fingerprint density at radius 1 is 1.24 bits per heavy atom. The quantitative estimate of drug-likeness (QED) is 0.841. The summed E-state index contributed by atoms with van der Waals surface area (Å²) in [7, 11) is 0. The summed E-state index contributed by atoms with van der Waals surface area (Å²) >= 11 is 0. The number of ether oxygens (including phenoxy) is 2. The van der Waals surface area contributed by atoms with Gasteiger partial charge in [-0.25, -0.2) is 0 Å². The second-order valence-electron chi connectivity index (χ2n) is 5.90. The summed E-state index contributed by atoms with van der Waals surface area (Å²) in [6.07, 6.45) is 1.25. The van der Waals surface area contributed by atoms with Crippen LogP contribution in [0.1, 0.15) is 37.0 Å². The topological polar surface area (TPSA) is 71.3 Å². The summed E-state index contributed by atoms with van der Waals surface area (Å²) in [6.45, 7) is 2.30. The highest BCUT2D eigenvalue weighted by Gasteiger charge is 2.30. The van der Waals surface area contributed by atoms with E-state index in [-0.39, 0.29) is 11.9 Å². The number of benzene rings is 2. The molecule has 1 aliphatic rings. The number of nitriles is 1. The normalized spacial score (nSPS) is 14.2. The van der Waals surface area contributed by atoms with Gasteiger partial charge in [-0.2, -0.15) is 5.26 Å². The van der Waals surface area contributed by atoms with Crippen LogP contribution in [0, 0.1) is 11.3 Å². The first kappa shape index (κ1) is 16.8. The summed E-state index contributed by atoms with van der Waals surface area (Å²) < 4.78 is 11.6. The molecule has 5 nitrogen and oxygen atoms in total. The highest BCUT2D eigenvalue weighted by atomic mass is 16.5. The molecular formula is C20H20N2O3. The van der Waals surface area contributed by atoms with Crippen LogP contribution in [-0.4, -0.2) is 18.6 Å². The first-order valence-corrected chi connectivity index (χ1v) is 8.40. The zero-order valence-corrected chi connectivity index (χ0v) is 14.1. The number of carbonyl (C=O) groups is 1. The third-order valence-electron chi connectivity index (χ3n) is 3.88. The molecule has 0 aromatic heterocycles. The van der Waals surface area contributed by atoms with Gasteiger partial charge in [-0.3, -0.25) is 4.79 Å². The average molecular weight is 336 g/mol. The van der Waals surface area contributed by atoms with Crippen molar-refractivity contribution in [1.29, 1.82) is 5.26 Å². The average Bonchev–Trinajstić information content (AvgIpc) is 3.45. The molecular weight excluding hydrogens is 316 g/mol. The van der Waals surface area contributed by atoms with E-state index in [1.54, 1.807) is 18.2 Å². The highest BCUT2D eigenvalue weighted by Crippen LogP contribution is 2.33. The summed E-state index contributed by atoms with van der Waals surface area (Å²) in [6, 6.07) is 16.6. The van der Waals surface area contributed by atoms with Crippen molar-refractivity contribution in [3.05, 3.63) is 59.7 Å². The van der Waals surface area contributed by atoms with Crippen molar-refractivity contribution in [2.45, 2.75) is 31.9 Å². The van der Waals surface area contributed by atoms with Crippen molar-refractivity contribution in [3.8, 4) is 17.6 Å². The van der Waals surface area contributed by atoms with Gasteiger partial charge in [0.05, 0.1) is 18.2 Å². The summed E-state index contributed by atoms with van der Waals surface area (Å²) in [5.41, 5.74) is 1.25. The monoisotopic (exact) mass is 336 g/mol. The first-order valence-electron chi connectivity index (χ1n) is 8.40. The van der Waals surface area contributed by atoms with Crippen LogP contribution >= 0.6 is 0 Å². The fraction of sp³-hybridized carbons (Fsp3) is 0.300. The molecule has 0 aliphatic heterocycles. The predicted molar refractivity (Wildman–Crippen MR) is 93.3 cm³/mol. The van der Waals surface area contributed by atoms with Gasteiger partial charge in [-0.15, -0.1) is 0 Å². The lowest BCUT2D eigenvalue weighted by Gasteiger charge is -2.21. The minimum atomic E-state index is -0.769. The van der Waals surface area contributed by atoms with Crippen molar-refractivity contribution >= 4 is 5.91 Å². The third kappa shape index (κ3) is 4.30. The van der Waals surface area contributed by atoms with Crippen LogP contribution in [0.25, 0.3) is 0 Å². The van der Waals surface area contributed by atoms with Crippen LogP contribution in [0.15, 0.2) is 48.5 Å². The van der Waals surface area contributed by atoms with Crippen LogP contribution in [0.4, 0.5) is 0 Å². The number of hydrogen-bond acceptors (Lipinski definition) is 4. The van der Waals surface area contributed by atoms with Gasteiger partial charge in [-0.05, 0) is 31.9 Å². The molecule has 128 valence electrons. The van der Waals surface area contributed by atoms with E-state index in [0.29, 0.717) is 23.7 Å². The standard InChI is InChI=1S/C20H20N2O3/c1-2-24-18-12-14(13-21)8-11-17(18)25-19(15-6-4-3-5-7-15)20(23)22-16-9-10-16/h3-8,11-12,16,19H,2,9-10H2,1H3,(H,22,23)/t19-/m0/s1. The van der Waals surface area contributed by atoms with E-state index < -0.39 is 6.10 Å². The fourth-order valence-corrected chi connectivity index (χ4v) is 2.48. The molecule has 1 N–H and O–H groups in total. The zero-order valence-electron chi connectivity index (χ0n) is 14.1. The maximum Gasteiger partial charge on any atom is 0.266 e. The van der Waals surface area contributed by atoms with Gasteiger partial charge in [0.25, 0.3) is 5.91 Å². The Bertz CT molecular complexity index is 779. The molecule has 2 aromatic rings. The van der Waals surface area contributed by atoms with Crippen molar-refractivity contribution < 1.29 is 14.3 Å². The van der Waals surface area contributed by atoms with Gasteiger partial charge in [0, 0.05) is 17.7 Å². The molecule has 0 bridgehead atoms. The summed E-state index contributed by atoms with van der Waals surface area (Å²) in [5, 5.41) is 12.1. The minimum Gasteiger partial charge on any atom is -0.490 e. The van der Waals surface area contributed by atoms with Crippen LogP contribution < -0.4 is 14.8 Å². The molecule has 0 spiro atoms. The minimum absolute atomic E-state index is 0.166. The molecule has 5 heteroatoms. The number of nitrogens with zero attached hydrogens (tertiary/aromatic N) is 1. The molecule has 0 radical (unpaired) electrons. The van der Waals surface area contributed by atoms with E-state index in [1.165, 1.54) is 0 Å². The number of hydrogen-bond donors (Lipinski definition) is 1. The van der Waals surface area contributed by atoms with Crippen molar-refractivity contribution in [2.75, 3.05) is 6.61 Å². The molecule has 2 aromatic carbocycles. The van der Waals surface area contributed by atoms with E-state index in [2.05, 4.69) is 11.4 Å². The highest BCUT2D eigenvalue weighted by molar-refractivity contribution is 5.83. The van der Waals surface area contributed by atoms with Crippen LogP contribution in [0.3, 0.4) is 0 Å². The molecule has 1 amide bonds. The van der Waals surface area contributed by atoms with Gasteiger partial charge in [0.1, 0.15) is 0 Å². The molecule has 1 fully saturated rings. The number of nitrogens with one attached hydrogen (secondary N) is 1. The smallest absolute Gasteiger partial charge is 0.266 e. The van der Waals surface area contributed by atoms with Crippen molar-refractivity contribution in [1.82, 2.24) is 5.32 Å². The van der Waals surface area contributed by atoms with Gasteiger partial charge >= 0.3 is 0 Å². The molecule has 0 saturated heterocycles. The lowest BCUT2D eigenvalue weighted by Crippen LogP contribution is -2.33. The largest absolute Gasteiger partial charge is 0.490 e. The Labute approximate surface area is 147 Å². The first-order chi connectivity index (χ1) is 12.2. The van der Waals surface area contributed by atoms with Gasteiger partial charge < -0.3 is 14.8 Å². The lowest BCUT2D eigenvalue weighted by molar-refractivity contribution is -0.128. The second kappa shape index (κ2) is 7.71. The Hall–Kier alpha value is -3.00. The van der Waals surface area contributed by atoms with Gasteiger partial charge in [-0.1, -0.05) is 30.3 Å². The Morgan fingerprint density at radius 2 is 2.00 bits per heavy atom. The van der Waals surface area contributed by atoms with E-state index >= 15 is 0 Å². The number of carbonyl (C=O) groups excluding carboxylic acids is 1. The molecule has 1 atom stereocenters. The molecule has 3 rings (SSSR count). The van der Waals surface area contributed by atoms with Gasteiger partial charge in [0.2, 0.25) is 6.10 Å². The number of rotatable bonds is 7. The molecule has 0 heterocycles. The van der Waals surface area contributed by atoms with Crippen LogP contribution in [-0.2, 0) is 4.79 Å². The summed E-state index contributed by atoms with van der Waals surface area (Å²) in [5.74, 6) is 0.739. The Balaban J connectivity index is 1.89. The van der Waals surface area contributed by atoms with E-state index in [9.17, 15) is 4.79 Å². The molecule has 1 aliphatic carbocycles. The fourth-order valence-electron chi connectivity index (χ4n) is 2.48. The van der Waals surface area contributed by atoms with Crippen LogP contribution in [0.2, 0.25) is 0 Å². The van der Waals surface area contributed by atoms with E-state index in [1.807, 2.05) is 37.3 Å². The molecule has 0 unspecified atom stereocenters. The molecule has 1 saturated carbocycles. The van der Waals surface area contributed by atoms with Crippen molar-refractivity contribution in [2.24, 2.45) is 0 Å². The van der Waals surface area contributed by atoms with Crippen molar-refractivity contribution in [3.63, 3.8) is 0 Å². The predicted octanol–water partition coefficient (Wildman–Crippen LogP) is 3.36. The van der Waals surface area contributed by atoms with E-state index in [0.717, 1.165) is 18.4 Å². The maximum atomic E-state index is 12.7. The molecule has 25 heavy (non-hydrogen) atoms. The zero-order chi connectivity index (χ0) is 17.6. The van der Waals surface area contributed by atoms with Gasteiger partial charge in [0.15, 0.2) is 11.5 Å². The second-order valence-corrected chi connectivity index (χ2v) is 5.90. The Kier molecular flexibility index (Phi) is 5.20. The lowest BCUT2D eigenvalue weighted by atomic mass is 10.1. The maximum absolute atomic E-state index is 12.7.